The summed E-state index contributed by atoms with van der Waals surface area (Å²) in [4.78, 5) is 14.4. The fourth-order valence-corrected chi connectivity index (χ4v) is 2.74. The number of aryl methyl sites for hydroxylation is 1. The standard InChI is InChI=1S/C15H21ClN2O/c1-10-5-4-6-11(13(10)16)14(19)18-8-7-12(17)15(2,3)9-18/h4-6,12H,7-9,17H2,1-3H3. The Morgan fingerprint density at radius 1 is 1.47 bits per heavy atom. The van der Waals surface area contributed by atoms with E-state index in [2.05, 4.69) is 13.8 Å². The molecule has 1 amide bonds. The molecule has 0 bridgehead atoms. The quantitative estimate of drug-likeness (QED) is 0.860. The van der Waals surface area contributed by atoms with E-state index in [0.717, 1.165) is 12.0 Å². The molecule has 2 N–H and O–H groups in total. The zero-order chi connectivity index (χ0) is 14.2. The van der Waals surface area contributed by atoms with Crippen LogP contribution in [0.15, 0.2) is 18.2 Å². The van der Waals surface area contributed by atoms with E-state index in [-0.39, 0.29) is 17.4 Å². The predicted molar refractivity (Wildman–Crippen MR) is 78.5 cm³/mol. The number of hydrogen-bond acceptors (Lipinski definition) is 2. The number of hydrogen-bond donors (Lipinski definition) is 1. The average Bonchev–Trinajstić information content (AvgIpc) is 2.35. The molecule has 1 aliphatic rings. The molecule has 1 fully saturated rings. The molecule has 3 nitrogen and oxygen atoms in total. The molecule has 0 saturated carbocycles. The van der Waals surface area contributed by atoms with E-state index >= 15 is 0 Å². The lowest BCUT2D eigenvalue weighted by Gasteiger charge is -2.42. The van der Waals surface area contributed by atoms with E-state index in [4.69, 9.17) is 17.3 Å². The maximum atomic E-state index is 12.6. The van der Waals surface area contributed by atoms with E-state index in [0.29, 0.717) is 23.7 Å². The van der Waals surface area contributed by atoms with Gasteiger partial charge in [-0.15, -0.1) is 0 Å². The van der Waals surface area contributed by atoms with Gasteiger partial charge in [-0.25, -0.2) is 0 Å². The number of benzene rings is 1. The molecule has 1 aliphatic heterocycles. The molecule has 104 valence electrons. The van der Waals surface area contributed by atoms with E-state index in [1.54, 1.807) is 6.07 Å². The Hall–Kier alpha value is -1.06. The fraction of sp³-hybridized carbons (Fsp3) is 0.533. The van der Waals surface area contributed by atoms with Crippen LogP contribution in [0.1, 0.15) is 36.2 Å². The van der Waals surface area contributed by atoms with E-state index in [9.17, 15) is 4.79 Å². The van der Waals surface area contributed by atoms with Crippen LogP contribution in [0, 0.1) is 12.3 Å². The van der Waals surface area contributed by atoms with E-state index < -0.39 is 0 Å². The van der Waals surface area contributed by atoms with Gasteiger partial charge in [0, 0.05) is 19.1 Å². The smallest absolute Gasteiger partial charge is 0.255 e. The molecular weight excluding hydrogens is 260 g/mol. The average molecular weight is 281 g/mol. The van der Waals surface area contributed by atoms with Crippen LogP contribution >= 0.6 is 11.6 Å². The number of likely N-dealkylation sites (tertiary alicyclic amines) is 1. The van der Waals surface area contributed by atoms with Crippen LogP contribution in [0.2, 0.25) is 5.02 Å². The highest BCUT2D eigenvalue weighted by Gasteiger charge is 2.35. The summed E-state index contributed by atoms with van der Waals surface area (Å²) in [6.45, 7) is 7.50. The van der Waals surface area contributed by atoms with Crippen molar-refractivity contribution in [3.8, 4) is 0 Å². The Morgan fingerprint density at radius 2 is 2.16 bits per heavy atom. The predicted octanol–water partition coefficient (Wildman–Crippen LogP) is 2.85. The monoisotopic (exact) mass is 280 g/mol. The molecule has 1 heterocycles. The molecule has 1 saturated heterocycles. The molecular formula is C15H21ClN2O. The Labute approximate surface area is 119 Å². The molecule has 4 heteroatoms. The highest BCUT2D eigenvalue weighted by Crippen LogP contribution is 2.30. The molecule has 0 radical (unpaired) electrons. The number of piperidine rings is 1. The van der Waals surface area contributed by atoms with Crippen molar-refractivity contribution in [1.29, 1.82) is 0 Å². The lowest BCUT2D eigenvalue weighted by Crippen LogP contribution is -2.54. The summed E-state index contributed by atoms with van der Waals surface area (Å²) in [5.74, 6) is 0.00803. The van der Waals surface area contributed by atoms with Gasteiger partial charge in [0.15, 0.2) is 0 Å². The highest BCUT2D eigenvalue weighted by atomic mass is 35.5. The van der Waals surface area contributed by atoms with Gasteiger partial charge < -0.3 is 10.6 Å². The summed E-state index contributed by atoms with van der Waals surface area (Å²) >= 11 is 6.23. The van der Waals surface area contributed by atoms with Crippen LogP contribution in [-0.2, 0) is 0 Å². The summed E-state index contributed by atoms with van der Waals surface area (Å²) in [6, 6.07) is 5.72. The number of carbonyl (C=O) groups excluding carboxylic acids is 1. The van der Waals surface area contributed by atoms with Gasteiger partial charge in [-0.3, -0.25) is 4.79 Å². The van der Waals surface area contributed by atoms with Crippen molar-refractivity contribution in [1.82, 2.24) is 4.90 Å². The first-order valence-corrected chi connectivity index (χ1v) is 7.00. The van der Waals surface area contributed by atoms with Gasteiger partial charge in [0.2, 0.25) is 0 Å². The summed E-state index contributed by atoms with van der Waals surface area (Å²) in [6.07, 6.45) is 0.835. The fourth-order valence-electron chi connectivity index (χ4n) is 2.53. The third kappa shape index (κ3) is 2.77. The summed E-state index contributed by atoms with van der Waals surface area (Å²) < 4.78 is 0. The van der Waals surface area contributed by atoms with Crippen LogP contribution in [0.25, 0.3) is 0 Å². The van der Waals surface area contributed by atoms with Crippen molar-refractivity contribution in [3.05, 3.63) is 34.3 Å². The Balaban J connectivity index is 2.23. The lowest BCUT2D eigenvalue weighted by atomic mass is 9.79. The molecule has 0 aliphatic carbocycles. The number of nitrogens with zero attached hydrogens (tertiary/aromatic N) is 1. The van der Waals surface area contributed by atoms with Crippen molar-refractivity contribution in [2.75, 3.05) is 13.1 Å². The van der Waals surface area contributed by atoms with Gasteiger partial charge in [0.25, 0.3) is 5.91 Å². The van der Waals surface area contributed by atoms with Crippen LogP contribution in [0.4, 0.5) is 0 Å². The first-order chi connectivity index (χ1) is 8.83. The SMILES string of the molecule is Cc1cccc(C(=O)N2CCC(N)C(C)(C)C2)c1Cl. The minimum atomic E-state index is -0.0514. The van der Waals surface area contributed by atoms with Crippen LogP contribution in [0.3, 0.4) is 0 Å². The minimum absolute atomic E-state index is 0.00803. The maximum absolute atomic E-state index is 12.6. The van der Waals surface area contributed by atoms with Crippen LogP contribution in [-0.4, -0.2) is 29.9 Å². The second kappa shape index (κ2) is 5.14. The number of nitrogens with two attached hydrogens (primary N) is 1. The Bertz CT molecular complexity index is 499. The zero-order valence-electron chi connectivity index (χ0n) is 11.7. The first kappa shape index (κ1) is 14.4. The third-order valence-corrected chi connectivity index (χ3v) is 4.52. The normalized spacial score (nSPS) is 22.4. The Kier molecular flexibility index (Phi) is 3.88. The van der Waals surface area contributed by atoms with Crippen LogP contribution < -0.4 is 5.73 Å². The van der Waals surface area contributed by atoms with Gasteiger partial charge in [-0.05, 0) is 30.4 Å². The number of halogens is 1. The van der Waals surface area contributed by atoms with Gasteiger partial charge in [-0.1, -0.05) is 37.6 Å². The van der Waals surface area contributed by atoms with Crippen molar-refractivity contribution in [2.45, 2.75) is 33.2 Å². The van der Waals surface area contributed by atoms with Gasteiger partial charge in [0.1, 0.15) is 0 Å². The van der Waals surface area contributed by atoms with Crippen molar-refractivity contribution in [2.24, 2.45) is 11.1 Å². The molecule has 2 rings (SSSR count). The van der Waals surface area contributed by atoms with Gasteiger partial charge in [0.05, 0.1) is 10.6 Å². The highest BCUT2D eigenvalue weighted by molar-refractivity contribution is 6.34. The molecule has 1 atom stereocenters. The van der Waals surface area contributed by atoms with Crippen molar-refractivity contribution in [3.63, 3.8) is 0 Å². The van der Waals surface area contributed by atoms with E-state index in [1.165, 1.54) is 0 Å². The van der Waals surface area contributed by atoms with Gasteiger partial charge in [-0.2, -0.15) is 0 Å². The summed E-state index contributed by atoms with van der Waals surface area (Å²) in [7, 11) is 0. The summed E-state index contributed by atoms with van der Waals surface area (Å²) in [5.41, 5.74) is 7.57. The van der Waals surface area contributed by atoms with Gasteiger partial charge >= 0.3 is 0 Å². The van der Waals surface area contributed by atoms with Crippen molar-refractivity contribution >= 4 is 17.5 Å². The topological polar surface area (TPSA) is 46.3 Å². The largest absolute Gasteiger partial charge is 0.338 e. The molecule has 1 aromatic rings. The maximum Gasteiger partial charge on any atom is 0.255 e. The number of amides is 1. The van der Waals surface area contributed by atoms with E-state index in [1.807, 2.05) is 24.0 Å². The molecule has 1 aromatic carbocycles. The summed E-state index contributed by atoms with van der Waals surface area (Å²) in [5, 5.41) is 0.556. The third-order valence-electron chi connectivity index (χ3n) is 4.02. The second-order valence-electron chi connectivity index (χ2n) is 6.05. The van der Waals surface area contributed by atoms with Crippen LogP contribution in [0.5, 0.6) is 0 Å². The minimum Gasteiger partial charge on any atom is -0.338 e. The second-order valence-corrected chi connectivity index (χ2v) is 6.42. The Morgan fingerprint density at radius 3 is 2.79 bits per heavy atom. The molecule has 19 heavy (non-hydrogen) atoms. The first-order valence-electron chi connectivity index (χ1n) is 6.63. The molecule has 1 unspecified atom stereocenters. The number of carbonyl (C=O) groups is 1. The van der Waals surface area contributed by atoms with Crippen molar-refractivity contribution < 1.29 is 4.79 Å². The molecule has 0 spiro atoms. The number of rotatable bonds is 1. The lowest BCUT2D eigenvalue weighted by molar-refractivity contribution is 0.0533. The molecule has 0 aromatic heterocycles. The zero-order valence-corrected chi connectivity index (χ0v) is 12.5.